The average Bonchev–Trinajstić information content (AvgIpc) is 3.32. The van der Waals surface area contributed by atoms with Gasteiger partial charge in [-0.3, -0.25) is 9.59 Å². The van der Waals surface area contributed by atoms with Crippen molar-refractivity contribution < 1.29 is 24.5 Å². The highest BCUT2D eigenvalue weighted by Gasteiger charge is 2.18. The molecule has 0 bridgehead atoms. The Kier molecular flexibility index (Phi) is 54.5. The fourth-order valence-electron chi connectivity index (χ4n) is 9.16. The minimum atomic E-state index is -0.849. The highest BCUT2D eigenvalue weighted by atomic mass is 16.5. The van der Waals surface area contributed by atoms with Gasteiger partial charge in [0.25, 0.3) is 0 Å². The van der Waals surface area contributed by atoms with Crippen LogP contribution >= 0.6 is 0 Å². The third kappa shape index (κ3) is 51.7. The molecule has 1 amide bonds. The van der Waals surface area contributed by atoms with Crippen LogP contribution < -0.4 is 5.32 Å². The van der Waals surface area contributed by atoms with Crippen molar-refractivity contribution >= 4 is 11.9 Å². The van der Waals surface area contributed by atoms with E-state index in [0.29, 0.717) is 19.4 Å². The maximum absolute atomic E-state index is 12.4. The highest BCUT2D eigenvalue weighted by Crippen LogP contribution is 2.17. The van der Waals surface area contributed by atoms with Gasteiger partial charge in [-0.25, -0.2) is 0 Å². The summed E-state index contributed by atoms with van der Waals surface area (Å²) < 4.78 is 5.49. The van der Waals surface area contributed by atoms with Gasteiger partial charge in [-0.2, -0.15) is 0 Å². The van der Waals surface area contributed by atoms with Crippen molar-refractivity contribution in [2.75, 3.05) is 13.2 Å². The van der Waals surface area contributed by atoms with Crippen molar-refractivity contribution in [2.45, 2.75) is 334 Å². The van der Waals surface area contributed by atoms with Gasteiger partial charge in [0, 0.05) is 12.8 Å². The topological polar surface area (TPSA) is 95.9 Å². The van der Waals surface area contributed by atoms with Crippen molar-refractivity contribution in [3.63, 3.8) is 0 Å². The molecule has 0 spiro atoms. The van der Waals surface area contributed by atoms with Gasteiger partial charge < -0.3 is 20.3 Å². The molecule has 390 valence electrons. The summed E-state index contributed by atoms with van der Waals surface area (Å²) in [4.78, 5) is 24.5. The molecule has 6 nitrogen and oxygen atoms in total. The van der Waals surface area contributed by atoms with E-state index < -0.39 is 12.1 Å². The molecule has 0 heterocycles. The van der Waals surface area contributed by atoms with Crippen LogP contribution in [0.2, 0.25) is 0 Å². The van der Waals surface area contributed by atoms with E-state index in [-0.39, 0.29) is 18.5 Å². The highest BCUT2D eigenvalue weighted by molar-refractivity contribution is 5.76. The molecule has 0 aromatic carbocycles. The minimum absolute atomic E-state index is 0.00760. The number of carbonyl (C=O) groups is 2. The molecule has 66 heavy (non-hydrogen) atoms. The molecule has 0 aliphatic carbocycles. The molecule has 2 atom stereocenters. The van der Waals surface area contributed by atoms with E-state index in [9.17, 15) is 19.8 Å². The predicted octanol–water partition coefficient (Wildman–Crippen LogP) is 18.2. The van der Waals surface area contributed by atoms with Crippen molar-refractivity contribution in [1.82, 2.24) is 5.32 Å². The molecule has 0 rings (SSSR count). The second kappa shape index (κ2) is 55.9. The van der Waals surface area contributed by atoms with Gasteiger partial charge in [-0.05, 0) is 57.8 Å². The fourth-order valence-corrected chi connectivity index (χ4v) is 9.16. The number of allylic oxidation sites excluding steroid dienone is 3. The number of hydrogen-bond acceptors (Lipinski definition) is 5. The molecule has 0 fully saturated rings. The number of esters is 1. The molecule has 6 heteroatoms. The standard InChI is InChI=1S/C60H115NO5/c1-3-5-7-9-11-13-15-17-18-19-24-27-30-34-38-42-46-50-54-60(65)66-55-51-47-43-39-35-31-28-25-22-20-21-23-26-29-33-37-41-45-49-53-59(64)61-57(56-62)58(63)52-48-44-40-36-32-16-14-12-10-8-6-4-2/h20-21,48,52,57-58,62-63H,3-19,22-47,49-51,53-56H2,1-2H3,(H,61,64)/b21-20-,52-48+. The quantitative estimate of drug-likeness (QED) is 0.0321. The van der Waals surface area contributed by atoms with Gasteiger partial charge in [-0.15, -0.1) is 0 Å². The van der Waals surface area contributed by atoms with Gasteiger partial charge in [0.05, 0.1) is 25.4 Å². The van der Waals surface area contributed by atoms with Crippen molar-refractivity contribution in [2.24, 2.45) is 0 Å². The molecule has 2 unspecified atom stereocenters. The summed E-state index contributed by atoms with van der Waals surface area (Å²) in [5, 5.41) is 23.0. The minimum Gasteiger partial charge on any atom is -0.466 e. The lowest BCUT2D eigenvalue weighted by molar-refractivity contribution is -0.143. The first-order valence-corrected chi connectivity index (χ1v) is 29.6. The summed E-state index contributed by atoms with van der Waals surface area (Å²) in [7, 11) is 0. The Labute approximate surface area is 411 Å². The lowest BCUT2D eigenvalue weighted by Gasteiger charge is -2.20. The van der Waals surface area contributed by atoms with Crippen LogP contribution in [-0.2, 0) is 14.3 Å². The van der Waals surface area contributed by atoms with Crippen LogP contribution in [0.3, 0.4) is 0 Å². The van der Waals surface area contributed by atoms with Crippen molar-refractivity contribution in [3.05, 3.63) is 24.3 Å². The van der Waals surface area contributed by atoms with E-state index >= 15 is 0 Å². The Bertz CT molecular complexity index is 1030. The molecule has 0 saturated carbocycles. The number of aliphatic hydroxyl groups excluding tert-OH is 2. The number of ether oxygens (including phenoxy) is 1. The SMILES string of the molecule is CCCCCCCCCCCC/C=C/C(O)C(CO)NC(=O)CCCCCCCCC/C=C\CCCCCCCCCCOC(=O)CCCCCCCCCCCCCCCCCCCC. The van der Waals surface area contributed by atoms with Gasteiger partial charge >= 0.3 is 5.97 Å². The molecule has 0 saturated heterocycles. The van der Waals surface area contributed by atoms with Crippen LogP contribution in [0.1, 0.15) is 322 Å². The third-order valence-corrected chi connectivity index (χ3v) is 13.7. The van der Waals surface area contributed by atoms with Crippen LogP contribution in [0.4, 0.5) is 0 Å². The van der Waals surface area contributed by atoms with Crippen LogP contribution in [0.25, 0.3) is 0 Å². The molecule has 0 aromatic heterocycles. The van der Waals surface area contributed by atoms with E-state index in [1.165, 1.54) is 250 Å². The molecular formula is C60H115NO5. The van der Waals surface area contributed by atoms with Crippen LogP contribution in [0.5, 0.6) is 0 Å². The zero-order chi connectivity index (χ0) is 47.9. The summed E-state index contributed by atoms with van der Waals surface area (Å²) in [6.45, 7) is 4.90. The fraction of sp³-hybridized carbons (Fsp3) is 0.900. The molecule has 0 aromatic rings. The smallest absolute Gasteiger partial charge is 0.305 e. The normalized spacial score (nSPS) is 12.7. The maximum Gasteiger partial charge on any atom is 0.305 e. The van der Waals surface area contributed by atoms with E-state index in [2.05, 4.69) is 31.3 Å². The lowest BCUT2D eigenvalue weighted by Crippen LogP contribution is -2.45. The summed E-state index contributed by atoms with van der Waals surface area (Å²) in [5.74, 6) is -0.0701. The summed E-state index contributed by atoms with van der Waals surface area (Å²) >= 11 is 0. The number of hydrogen-bond donors (Lipinski definition) is 3. The van der Waals surface area contributed by atoms with Gasteiger partial charge in [0.2, 0.25) is 5.91 Å². The number of carbonyl (C=O) groups excluding carboxylic acids is 2. The Hall–Kier alpha value is -1.66. The summed E-state index contributed by atoms with van der Waals surface area (Å²) in [6.07, 6.45) is 67.8. The zero-order valence-electron chi connectivity index (χ0n) is 44.4. The lowest BCUT2D eigenvalue weighted by atomic mass is 10.0. The van der Waals surface area contributed by atoms with E-state index in [0.717, 1.165) is 44.9 Å². The second-order valence-electron chi connectivity index (χ2n) is 20.3. The average molecular weight is 931 g/mol. The van der Waals surface area contributed by atoms with E-state index in [4.69, 9.17) is 4.74 Å². The Morgan fingerprint density at radius 1 is 0.409 bits per heavy atom. The molecule has 0 radical (unpaired) electrons. The Morgan fingerprint density at radius 2 is 0.712 bits per heavy atom. The Morgan fingerprint density at radius 3 is 1.08 bits per heavy atom. The predicted molar refractivity (Wildman–Crippen MR) is 287 cm³/mol. The summed E-state index contributed by atoms with van der Waals surface area (Å²) in [6, 6.07) is -0.633. The molecular weight excluding hydrogens is 815 g/mol. The van der Waals surface area contributed by atoms with Crippen LogP contribution in [-0.4, -0.2) is 47.4 Å². The number of aliphatic hydroxyl groups is 2. The van der Waals surface area contributed by atoms with Crippen LogP contribution in [0, 0.1) is 0 Å². The number of unbranched alkanes of at least 4 members (excludes halogenated alkanes) is 42. The maximum atomic E-state index is 12.4. The first-order valence-electron chi connectivity index (χ1n) is 29.6. The zero-order valence-corrected chi connectivity index (χ0v) is 44.4. The third-order valence-electron chi connectivity index (χ3n) is 13.7. The Balaban J connectivity index is 3.42. The van der Waals surface area contributed by atoms with Crippen molar-refractivity contribution in [1.29, 1.82) is 0 Å². The molecule has 3 N–H and O–H groups in total. The number of nitrogens with one attached hydrogen (secondary N) is 1. The first-order chi connectivity index (χ1) is 32.5. The van der Waals surface area contributed by atoms with Gasteiger partial charge in [-0.1, -0.05) is 276 Å². The van der Waals surface area contributed by atoms with Gasteiger partial charge in [0.15, 0.2) is 0 Å². The largest absolute Gasteiger partial charge is 0.466 e. The summed E-state index contributed by atoms with van der Waals surface area (Å²) in [5.41, 5.74) is 0. The van der Waals surface area contributed by atoms with E-state index in [1.807, 2.05) is 6.08 Å². The monoisotopic (exact) mass is 930 g/mol. The van der Waals surface area contributed by atoms with Crippen LogP contribution in [0.15, 0.2) is 24.3 Å². The van der Waals surface area contributed by atoms with E-state index in [1.54, 1.807) is 6.08 Å². The number of rotatable bonds is 55. The second-order valence-corrected chi connectivity index (χ2v) is 20.3. The van der Waals surface area contributed by atoms with Crippen molar-refractivity contribution in [3.8, 4) is 0 Å². The molecule has 0 aliphatic rings. The number of amides is 1. The molecule has 0 aliphatic heterocycles. The van der Waals surface area contributed by atoms with Gasteiger partial charge in [0.1, 0.15) is 0 Å². The first kappa shape index (κ1) is 64.3.